The van der Waals surface area contributed by atoms with E-state index < -0.39 is 0 Å². The molecule has 1 amide bonds. The van der Waals surface area contributed by atoms with Crippen LogP contribution in [0, 0.1) is 5.92 Å². The Balaban J connectivity index is 0.000000806. The van der Waals surface area contributed by atoms with E-state index >= 15 is 0 Å². The maximum Gasteiger partial charge on any atom is 0.290 e. The molecule has 1 saturated heterocycles. The van der Waals surface area contributed by atoms with Crippen molar-refractivity contribution in [2.24, 2.45) is 5.92 Å². The van der Waals surface area contributed by atoms with Crippen LogP contribution in [-0.2, 0) is 9.59 Å². The average Bonchev–Trinajstić information content (AvgIpc) is 2.68. The zero-order chi connectivity index (χ0) is 21.7. The highest BCUT2D eigenvalue weighted by molar-refractivity contribution is 6.31. The first-order valence-corrected chi connectivity index (χ1v) is 10.5. The molecule has 2 fully saturated rings. The van der Waals surface area contributed by atoms with Crippen LogP contribution in [0.4, 0.5) is 11.5 Å². The first-order chi connectivity index (χ1) is 14.4. The molecule has 4 rings (SSSR count). The highest BCUT2D eigenvalue weighted by atomic mass is 35.5. The summed E-state index contributed by atoms with van der Waals surface area (Å²) in [4.78, 5) is 29.8. The van der Waals surface area contributed by atoms with Crippen LogP contribution in [-0.4, -0.2) is 47.0 Å². The summed E-state index contributed by atoms with van der Waals surface area (Å²) in [6.45, 7) is 1.70. The number of nitrogens with two attached hydrogens (primary N) is 1. The van der Waals surface area contributed by atoms with Crippen molar-refractivity contribution in [3.8, 4) is 0 Å². The molecule has 9 heteroatoms. The van der Waals surface area contributed by atoms with Crippen molar-refractivity contribution in [3.05, 3.63) is 52.1 Å². The fourth-order valence-corrected chi connectivity index (χ4v) is 4.10. The highest BCUT2D eigenvalue weighted by Crippen LogP contribution is 2.36. The summed E-state index contributed by atoms with van der Waals surface area (Å²) < 4.78 is 0. The van der Waals surface area contributed by atoms with Crippen molar-refractivity contribution in [2.75, 3.05) is 30.3 Å². The number of carbonyl (C=O) groups is 2. The van der Waals surface area contributed by atoms with E-state index in [1.807, 2.05) is 29.2 Å². The molecule has 1 aliphatic heterocycles. The molecule has 3 N–H and O–H groups in total. The third-order valence-electron chi connectivity index (χ3n) is 5.54. The molecule has 160 valence electrons. The molecular weight excluding hydrogens is 427 g/mol. The summed E-state index contributed by atoms with van der Waals surface area (Å²) in [5, 5.41) is 8.09. The summed E-state index contributed by atoms with van der Waals surface area (Å²) >= 11 is 12.1. The molecule has 2 aromatic rings. The Morgan fingerprint density at radius 3 is 2.40 bits per heavy atom. The fourth-order valence-electron chi connectivity index (χ4n) is 3.81. The van der Waals surface area contributed by atoms with Gasteiger partial charge in [-0.05, 0) is 36.6 Å². The number of aromatic nitrogens is 1. The van der Waals surface area contributed by atoms with Gasteiger partial charge < -0.3 is 20.6 Å². The summed E-state index contributed by atoms with van der Waals surface area (Å²) in [5.74, 6) is 1.17. The van der Waals surface area contributed by atoms with Gasteiger partial charge in [-0.2, -0.15) is 0 Å². The molecule has 7 nitrogen and oxygen atoms in total. The standard InChI is InChI=1S/C20H22Cl2N4O.CH2O2/c21-15-6-4-13(5-7-15)18-12-25(20(27)14-2-1-3-14)8-9-26(18)19-17(23)10-16(22)11-24-19;2-1-3/h4-7,10-11,14,18H,1-3,8-9,12,23H2;1H,(H,2,3). The van der Waals surface area contributed by atoms with Gasteiger partial charge in [-0.15, -0.1) is 0 Å². The Hall–Kier alpha value is -2.51. The normalized spacial score (nSPS) is 18.8. The lowest BCUT2D eigenvalue weighted by Crippen LogP contribution is -2.53. The third-order valence-corrected chi connectivity index (χ3v) is 5.99. The molecule has 1 aliphatic carbocycles. The summed E-state index contributed by atoms with van der Waals surface area (Å²) in [5.41, 5.74) is 7.83. The monoisotopic (exact) mass is 450 g/mol. The lowest BCUT2D eigenvalue weighted by atomic mass is 9.84. The van der Waals surface area contributed by atoms with Gasteiger partial charge in [0, 0.05) is 36.8 Å². The molecule has 1 aromatic heterocycles. The zero-order valence-electron chi connectivity index (χ0n) is 16.4. The van der Waals surface area contributed by atoms with Gasteiger partial charge in [-0.1, -0.05) is 41.8 Å². The van der Waals surface area contributed by atoms with E-state index in [2.05, 4.69) is 9.88 Å². The second kappa shape index (κ2) is 10.00. The number of nitrogen functional groups attached to an aromatic ring is 1. The lowest BCUT2D eigenvalue weighted by molar-refractivity contribution is -0.139. The minimum atomic E-state index is -0.250. The zero-order valence-corrected chi connectivity index (χ0v) is 17.9. The molecule has 0 radical (unpaired) electrons. The van der Waals surface area contributed by atoms with Crippen LogP contribution < -0.4 is 10.6 Å². The Kier molecular flexibility index (Phi) is 7.39. The van der Waals surface area contributed by atoms with E-state index in [1.54, 1.807) is 12.3 Å². The molecule has 2 aliphatic rings. The molecule has 1 atom stereocenters. The van der Waals surface area contributed by atoms with Gasteiger partial charge in [0.2, 0.25) is 5.91 Å². The number of piperazine rings is 1. The maximum absolute atomic E-state index is 12.8. The molecule has 1 saturated carbocycles. The van der Waals surface area contributed by atoms with Gasteiger partial charge >= 0.3 is 0 Å². The molecule has 0 bridgehead atoms. The van der Waals surface area contributed by atoms with Crippen LogP contribution in [0.5, 0.6) is 0 Å². The van der Waals surface area contributed by atoms with Gasteiger partial charge in [-0.25, -0.2) is 4.98 Å². The number of anilines is 2. The molecule has 30 heavy (non-hydrogen) atoms. The number of amides is 1. The number of benzene rings is 1. The smallest absolute Gasteiger partial charge is 0.290 e. The SMILES string of the molecule is Nc1cc(Cl)cnc1N1CCN(C(=O)C2CCC2)CC1c1ccc(Cl)cc1.O=CO. The molecule has 0 spiro atoms. The van der Waals surface area contributed by atoms with E-state index in [0.29, 0.717) is 41.2 Å². The van der Waals surface area contributed by atoms with Crippen molar-refractivity contribution >= 4 is 47.1 Å². The van der Waals surface area contributed by atoms with Crippen molar-refractivity contribution in [1.82, 2.24) is 9.88 Å². The number of pyridine rings is 1. The number of hydrogen-bond donors (Lipinski definition) is 2. The predicted octanol–water partition coefficient (Wildman–Crippen LogP) is 3.86. The van der Waals surface area contributed by atoms with E-state index in [9.17, 15) is 4.79 Å². The number of halogens is 2. The van der Waals surface area contributed by atoms with Crippen molar-refractivity contribution in [1.29, 1.82) is 0 Å². The average molecular weight is 451 g/mol. The van der Waals surface area contributed by atoms with Gasteiger partial charge in [0.05, 0.1) is 16.8 Å². The Labute approximate surface area is 185 Å². The Morgan fingerprint density at radius 1 is 1.17 bits per heavy atom. The summed E-state index contributed by atoms with van der Waals surface area (Å²) in [6.07, 6.45) is 4.78. The minimum Gasteiger partial charge on any atom is -0.483 e. The lowest BCUT2D eigenvalue weighted by Gasteiger charge is -2.44. The van der Waals surface area contributed by atoms with Crippen molar-refractivity contribution < 1.29 is 14.7 Å². The van der Waals surface area contributed by atoms with Crippen molar-refractivity contribution in [2.45, 2.75) is 25.3 Å². The van der Waals surface area contributed by atoms with Crippen LogP contribution in [0.25, 0.3) is 0 Å². The fraction of sp³-hybridized carbons (Fsp3) is 0.381. The van der Waals surface area contributed by atoms with E-state index in [1.165, 1.54) is 0 Å². The van der Waals surface area contributed by atoms with Gasteiger partial charge in [-0.3, -0.25) is 9.59 Å². The number of carbonyl (C=O) groups excluding carboxylic acids is 1. The maximum atomic E-state index is 12.8. The third kappa shape index (κ3) is 4.96. The first kappa shape index (κ1) is 22.2. The quantitative estimate of drug-likeness (QED) is 0.688. The van der Waals surface area contributed by atoms with Crippen LogP contribution >= 0.6 is 23.2 Å². The van der Waals surface area contributed by atoms with E-state index in [0.717, 1.165) is 24.8 Å². The van der Waals surface area contributed by atoms with Crippen LogP contribution in [0.15, 0.2) is 36.5 Å². The number of carboxylic acid groups (broad SMARTS) is 1. The number of rotatable bonds is 3. The van der Waals surface area contributed by atoms with Crippen LogP contribution in [0.2, 0.25) is 10.0 Å². The Morgan fingerprint density at radius 2 is 1.83 bits per heavy atom. The number of hydrogen-bond acceptors (Lipinski definition) is 5. The van der Waals surface area contributed by atoms with E-state index in [-0.39, 0.29) is 24.3 Å². The van der Waals surface area contributed by atoms with Crippen LogP contribution in [0.3, 0.4) is 0 Å². The molecular formula is C21H24Cl2N4O3. The number of nitrogens with zero attached hydrogens (tertiary/aromatic N) is 3. The van der Waals surface area contributed by atoms with Gasteiger partial charge in [0.25, 0.3) is 6.47 Å². The largest absolute Gasteiger partial charge is 0.483 e. The first-order valence-electron chi connectivity index (χ1n) is 9.74. The second-order valence-electron chi connectivity index (χ2n) is 7.34. The summed E-state index contributed by atoms with van der Waals surface area (Å²) in [6, 6.07) is 9.44. The van der Waals surface area contributed by atoms with E-state index in [4.69, 9.17) is 38.8 Å². The Bertz CT molecular complexity index is 890. The molecule has 1 unspecified atom stereocenters. The predicted molar refractivity (Wildman–Crippen MR) is 118 cm³/mol. The molecule has 2 heterocycles. The van der Waals surface area contributed by atoms with Crippen LogP contribution in [0.1, 0.15) is 30.9 Å². The summed E-state index contributed by atoms with van der Waals surface area (Å²) in [7, 11) is 0. The van der Waals surface area contributed by atoms with Gasteiger partial charge in [0.1, 0.15) is 0 Å². The topological polar surface area (TPSA) is 99.8 Å². The van der Waals surface area contributed by atoms with Crippen molar-refractivity contribution in [3.63, 3.8) is 0 Å². The van der Waals surface area contributed by atoms with Gasteiger partial charge in [0.15, 0.2) is 5.82 Å². The second-order valence-corrected chi connectivity index (χ2v) is 8.22. The minimum absolute atomic E-state index is 0.0315. The molecule has 1 aromatic carbocycles. The highest BCUT2D eigenvalue weighted by Gasteiger charge is 2.36.